The fourth-order valence-electron chi connectivity index (χ4n) is 20.8. The van der Waals surface area contributed by atoms with Gasteiger partial charge in [0.25, 0.3) is 0 Å². The number of hydrogen-bond acceptors (Lipinski definition) is 3. The molecule has 19 rings (SSSR count). The smallest absolute Gasteiger partial charge is 0.305 e. The van der Waals surface area contributed by atoms with Gasteiger partial charge >= 0.3 is 5.97 Å². The first-order chi connectivity index (χ1) is 30.5. The van der Waals surface area contributed by atoms with Crippen LogP contribution in [0.1, 0.15) is 173 Å². The van der Waals surface area contributed by atoms with E-state index in [1.165, 1.54) is 69.8 Å². The first kappa shape index (κ1) is 33.0. The number of hydrogen-bond donors (Lipinski definition) is 0. The first-order valence-corrected chi connectivity index (χ1v) is 26.8. The Kier molecular flexibility index (Phi) is 5.25. The number of benzene rings is 5. The number of thiophene rings is 1. The van der Waals surface area contributed by atoms with E-state index < -0.39 is 0 Å². The van der Waals surface area contributed by atoms with Crippen LogP contribution in [0.5, 0.6) is 0 Å². The molecule has 11 aliphatic rings. The minimum absolute atomic E-state index is 0.00987. The zero-order valence-electron chi connectivity index (χ0n) is 34.5. The molecule has 1 aromatic heterocycles. The van der Waals surface area contributed by atoms with Crippen molar-refractivity contribution in [2.75, 3.05) is 6.61 Å². The van der Waals surface area contributed by atoms with Crippen LogP contribution in [0.25, 0.3) is 59.4 Å². The number of ether oxygens (including phenoxy) is 1. The van der Waals surface area contributed by atoms with E-state index in [0.717, 1.165) is 26.8 Å². The number of allylic oxidation sites excluding steroid dienone is 2. The molecule has 0 N–H and O–H groups in total. The van der Waals surface area contributed by atoms with Crippen molar-refractivity contribution >= 4 is 109 Å². The zero-order valence-corrected chi connectivity index (χ0v) is 38.5. The van der Waals surface area contributed by atoms with Crippen LogP contribution >= 0.6 is 43.2 Å². The molecule has 9 atom stereocenters. The van der Waals surface area contributed by atoms with Crippen LogP contribution in [-0.4, -0.2) is 12.6 Å². The molecule has 62 heavy (non-hydrogen) atoms. The van der Waals surface area contributed by atoms with Gasteiger partial charge in [0.05, 0.1) is 14.2 Å². The number of carbonyl (C=O) groups excluding carboxylic acids is 1. The van der Waals surface area contributed by atoms with Gasteiger partial charge in [-0.05, 0) is 271 Å². The summed E-state index contributed by atoms with van der Waals surface area (Å²) in [5, 5.41) is 17.7. The van der Waals surface area contributed by atoms with E-state index in [9.17, 15) is 4.79 Å². The lowest BCUT2D eigenvalue weighted by Crippen LogP contribution is -2.31. The van der Waals surface area contributed by atoms with Crippen molar-refractivity contribution < 1.29 is 9.53 Å². The van der Waals surface area contributed by atoms with E-state index >= 15 is 0 Å². The molecular formula is C57H42Br2O2S. The largest absolute Gasteiger partial charge is 0.465 e. The second kappa shape index (κ2) is 9.85. The average Bonchev–Trinajstić information content (AvgIpc) is 4.04. The normalized spacial score (nSPS) is 34.2. The van der Waals surface area contributed by atoms with E-state index in [2.05, 4.69) is 68.3 Å². The molecule has 1 spiro atoms. The molecule has 7 aromatic carbocycles. The van der Waals surface area contributed by atoms with E-state index in [-0.39, 0.29) is 22.2 Å². The second-order valence-corrected chi connectivity index (χ2v) is 26.0. The molecule has 1 heterocycles. The lowest BCUT2D eigenvalue weighted by Gasteiger charge is -2.40. The minimum atomic E-state index is -0.0257. The Morgan fingerprint density at radius 2 is 1.40 bits per heavy atom. The number of fused-ring (bicyclic) bond motifs is 4. The predicted molar refractivity (Wildman–Crippen MR) is 256 cm³/mol. The van der Waals surface area contributed by atoms with Crippen LogP contribution < -0.4 is 0 Å². The van der Waals surface area contributed by atoms with Gasteiger partial charge in [0, 0.05) is 35.0 Å². The Labute approximate surface area is 380 Å². The van der Waals surface area contributed by atoms with Crippen molar-refractivity contribution in [1.82, 2.24) is 0 Å². The summed E-state index contributed by atoms with van der Waals surface area (Å²) < 4.78 is 8.28. The van der Waals surface area contributed by atoms with Crippen LogP contribution in [0.2, 0.25) is 0 Å². The number of rotatable bonds is 8. The van der Waals surface area contributed by atoms with Gasteiger partial charge in [0.2, 0.25) is 0 Å². The maximum absolute atomic E-state index is 13.8. The molecule has 5 heteroatoms. The van der Waals surface area contributed by atoms with Crippen LogP contribution in [0, 0.1) is 5.41 Å². The SMILES string of the molecule is O=C(CCCC1(c2ccccc2)C23C4=C5CCC12C1CCC2c6c1c3c1c3c4c4c7c8c9c%10c(c%11c%12c(c6c1c(c%10%12)c83)C2CC%11)CCC9C7CCC54)OCCc1cc(Br)sc1Br. The van der Waals surface area contributed by atoms with Gasteiger partial charge in [0.1, 0.15) is 0 Å². The van der Waals surface area contributed by atoms with Gasteiger partial charge < -0.3 is 4.74 Å². The summed E-state index contributed by atoms with van der Waals surface area (Å²) in [6.45, 7) is 0.436. The molecule has 11 aliphatic carbocycles. The summed E-state index contributed by atoms with van der Waals surface area (Å²) in [7, 11) is 0. The quantitative estimate of drug-likeness (QED) is 0.112. The van der Waals surface area contributed by atoms with Crippen LogP contribution in [0.4, 0.5) is 0 Å². The number of esters is 1. The van der Waals surface area contributed by atoms with Crippen LogP contribution in [0.15, 0.2) is 49.5 Å². The van der Waals surface area contributed by atoms with E-state index in [1.807, 2.05) is 61.2 Å². The Balaban J connectivity index is 0.915. The highest BCUT2D eigenvalue weighted by molar-refractivity contribution is 9.12. The van der Waals surface area contributed by atoms with Crippen molar-refractivity contribution in [2.45, 2.75) is 136 Å². The molecule has 0 bridgehead atoms. The van der Waals surface area contributed by atoms with Crippen molar-refractivity contribution in [2.24, 2.45) is 5.41 Å². The van der Waals surface area contributed by atoms with Crippen LogP contribution in [0.3, 0.4) is 0 Å². The fourth-order valence-corrected chi connectivity index (χ4v) is 23.7. The third kappa shape index (κ3) is 2.82. The average molecular weight is 951 g/mol. The van der Waals surface area contributed by atoms with Crippen LogP contribution in [-0.2, 0) is 39.6 Å². The van der Waals surface area contributed by atoms with Crippen molar-refractivity contribution in [3.8, 4) is 0 Å². The van der Waals surface area contributed by atoms with Gasteiger partial charge in [-0.3, -0.25) is 4.79 Å². The third-order valence-corrected chi connectivity index (χ3v) is 24.0. The van der Waals surface area contributed by atoms with Gasteiger partial charge in [-0.2, -0.15) is 0 Å². The Hall–Kier alpha value is -3.51. The second-order valence-electron chi connectivity index (χ2n) is 22.3. The number of halogens is 2. The zero-order chi connectivity index (χ0) is 39.8. The van der Waals surface area contributed by atoms with Crippen molar-refractivity contribution in [3.63, 3.8) is 0 Å². The predicted octanol–water partition coefficient (Wildman–Crippen LogP) is 15.1. The molecule has 8 aromatic rings. The topological polar surface area (TPSA) is 26.3 Å². The Bertz CT molecular complexity index is 3650. The number of carbonyl (C=O) groups is 1. The maximum Gasteiger partial charge on any atom is 0.305 e. The molecule has 1 fully saturated rings. The first-order valence-electron chi connectivity index (χ1n) is 24.4. The summed E-state index contributed by atoms with van der Waals surface area (Å²) in [5.41, 5.74) is 25.1. The molecule has 0 amide bonds. The van der Waals surface area contributed by atoms with Gasteiger partial charge in [-0.15, -0.1) is 11.3 Å². The van der Waals surface area contributed by atoms with Gasteiger partial charge in [-0.25, -0.2) is 0 Å². The monoisotopic (exact) mass is 948 g/mol. The minimum Gasteiger partial charge on any atom is -0.465 e. The molecule has 2 nitrogen and oxygen atoms in total. The fraction of sp³-hybridized carbons (Fsp3) is 0.421. The highest BCUT2D eigenvalue weighted by atomic mass is 79.9. The van der Waals surface area contributed by atoms with E-state index in [4.69, 9.17) is 4.74 Å². The Morgan fingerprint density at radius 3 is 2.16 bits per heavy atom. The highest BCUT2D eigenvalue weighted by Gasteiger charge is 2.94. The van der Waals surface area contributed by atoms with E-state index in [0.29, 0.717) is 48.5 Å². The van der Waals surface area contributed by atoms with Crippen molar-refractivity contribution in [1.29, 1.82) is 0 Å². The lowest BCUT2D eigenvalue weighted by atomic mass is 9.62. The molecule has 9 unspecified atom stereocenters. The highest BCUT2D eigenvalue weighted by Crippen LogP contribution is 2.98. The maximum atomic E-state index is 13.8. The number of aryl methyl sites for hydroxylation is 2. The molecule has 0 saturated heterocycles. The molecule has 0 radical (unpaired) electrons. The summed E-state index contributed by atoms with van der Waals surface area (Å²) >= 11 is 9.02. The van der Waals surface area contributed by atoms with Crippen molar-refractivity contribution in [3.05, 3.63) is 116 Å². The third-order valence-electron chi connectivity index (χ3n) is 21.5. The molecular weight excluding hydrogens is 908 g/mol. The molecule has 302 valence electrons. The molecule has 0 aliphatic heterocycles. The summed E-state index contributed by atoms with van der Waals surface area (Å²) in [5.74, 6) is 3.98. The summed E-state index contributed by atoms with van der Waals surface area (Å²) in [6, 6.07) is 14.2. The standard InChI is InChI=1S/C57H42Br2O2S/c58-33-21-22(54(59)62-33)17-20-61-34(60)7-4-18-55(23-5-2-1-3-6-23)56-19-16-31-30-13-12-27-26-9-8-24-25-10-11-28-29-14-15-32(56)42-41(29)45-38(28)37(25)43-35(24)36(26)44-39(27)40(30)50-49-47(44)46(43)48(45)51(49)53(42)57(55,56)52(31)50/h1-3,5-6,21,26-30,32H,4,7-20H2. The molecule has 1 saturated carbocycles. The summed E-state index contributed by atoms with van der Waals surface area (Å²) in [6.07, 6.45) is 16.5. The van der Waals surface area contributed by atoms with Gasteiger partial charge in [0.15, 0.2) is 0 Å². The van der Waals surface area contributed by atoms with E-state index in [1.54, 1.807) is 76.3 Å². The lowest BCUT2D eigenvalue weighted by molar-refractivity contribution is -0.143. The van der Waals surface area contributed by atoms with Gasteiger partial charge in [-0.1, -0.05) is 35.9 Å². The summed E-state index contributed by atoms with van der Waals surface area (Å²) in [4.78, 5) is 13.8. The Morgan fingerprint density at radius 1 is 0.710 bits per heavy atom.